The Hall–Kier alpha value is -1.61. The summed E-state index contributed by atoms with van der Waals surface area (Å²) in [6.07, 6.45) is 8.07. The highest BCUT2D eigenvalue weighted by atomic mass is 15.3. The number of hydrogen-bond acceptors (Lipinski definition) is 2. The van der Waals surface area contributed by atoms with Gasteiger partial charge in [-0.25, -0.2) is 0 Å². The van der Waals surface area contributed by atoms with Crippen LogP contribution in [0.5, 0.6) is 0 Å². The standard InChI is InChI=1S/C17H23N3/c1-20-17-11-5-10-16(15(17)13-19-20)18-12-6-9-14-7-3-2-4-8-14/h2-4,7-8,13,16,18H,5-6,9-12H2,1H3. The van der Waals surface area contributed by atoms with Crippen molar-refractivity contribution in [1.29, 1.82) is 0 Å². The van der Waals surface area contributed by atoms with E-state index in [-0.39, 0.29) is 0 Å². The predicted octanol–water partition coefficient (Wildman–Crippen LogP) is 3.02. The van der Waals surface area contributed by atoms with Crippen molar-refractivity contribution in [3.05, 3.63) is 53.3 Å². The zero-order chi connectivity index (χ0) is 13.8. The molecule has 0 amide bonds. The van der Waals surface area contributed by atoms with Crippen LogP contribution >= 0.6 is 0 Å². The summed E-state index contributed by atoms with van der Waals surface area (Å²) in [7, 11) is 2.05. The van der Waals surface area contributed by atoms with Gasteiger partial charge in [0.15, 0.2) is 0 Å². The van der Waals surface area contributed by atoms with Gasteiger partial charge < -0.3 is 5.32 Å². The summed E-state index contributed by atoms with van der Waals surface area (Å²) in [5.41, 5.74) is 4.26. The van der Waals surface area contributed by atoms with Gasteiger partial charge in [-0.2, -0.15) is 5.10 Å². The highest BCUT2D eigenvalue weighted by Gasteiger charge is 2.22. The normalized spacial score (nSPS) is 17.9. The highest BCUT2D eigenvalue weighted by Crippen LogP contribution is 2.28. The summed E-state index contributed by atoms with van der Waals surface area (Å²) in [5, 5.41) is 8.11. The molecule has 0 aliphatic heterocycles. The van der Waals surface area contributed by atoms with Crippen molar-refractivity contribution >= 4 is 0 Å². The molecule has 0 bridgehead atoms. The second-order valence-corrected chi connectivity index (χ2v) is 5.66. The number of nitrogens with zero attached hydrogens (tertiary/aromatic N) is 2. The monoisotopic (exact) mass is 269 g/mol. The van der Waals surface area contributed by atoms with Crippen LogP contribution in [0.3, 0.4) is 0 Å². The first-order valence-electron chi connectivity index (χ1n) is 7.62. The van der Waals surface area contributed by atoms with E-state index in [1.165, 1.54) is 42.5 Å². The van der Waals surface area contributed by atoms with E-state index in [1.807, 2.05) is 10.9 Å². The highest BCUT2D eigenvalue weighted by molar-refractivity contribution is 5.24. The number of rotatable bonds is 5. The van der Waals surface area contributed by atoms with Gasteiger partial charge in [-0.3, -0.25) is 4.68 Å². The Balaban J connectivity index is 1.50. The molecule has 20 heavy (non-hydrogen) atoms. The minimum absolute atomic E-state index is 0.503. The lowest BCUT2D eigenvalue weighted by atomic mass is 9.93. The summed E-state index contributed by atoms with van der Waals surface area (Å²) in [4.78, 5) is 0. The van der Waals surface area contributed by atoms with E-state index in [2.05, 4.69) is 47.8 Å². The number of nitrogens with one attached hydrogen (secondary N) is 1. The van der Waals surface area contributed by atoms with Crippen molar-refractivity contribution in [2.45, 2.75) is 38.1 Å². The molecule has 1 aromatic carbocycles. The summed E-state index contributed by atoms with van der Waals surface area (Å²) >= 11 is 0. The van der Waals surface area contributed by atoms with Crippen LogP contribution in [0.1, 0.15) is 42.1 Å². The number of aryl methyl sites for hydroxylation is 2. The molecule has 0 spiro atoms. The summed E-state index contributed by atoms with van der Waals surface area (Å²) < 4.78 is 2.03. The molecule has 1 aliphatic rings. The SMILES string of the molecule is Cn1ncc2c1CCCC2NCCCc1ccccc1. The third-order valence-corrected chi connectivity index (χ3v) is 4.25. The van der Waals surface area contributed by atoms with Crippen LogP contribution in [0.15, 0.2) is 36.5 Å². The Labute approximate surface area is 121 Å². The second-order valence-electron chi connectivity index (χ2n) is 5.66. The van der Waals surface area contributed by atoms with Gasteiger partial charge in [0.1, 0.15) is 0 Å². The lowest BCUT2D eigenvalue weighted by Crippen LogP contribution is -2.26. The van der Waals surface area contributed by atoms with Crippen molar-refractivity contribution < 1.29 is 0 Å². The van der Waals surface area contributed by atoms with Gasteiger partial charge in [-0.1, -0.05) is 30.3 Å². The number of benzene rings is 1. The topological polar surface area (TPSA) is 29.9 Å². The molecule has 1 aliphatic carbocycles. The van der Waals surface area contributed by atoms with Crippen molar-refractivity contribution in [2.24, 2.45) is 7.05 Å². The first kappa shape index (κ1) is 13.4. The smallest absolute Gasteiger partial charge is 0.0540 e. The molecule has 3 nitrogen and oxygen atoms in total. The Bertz CT molecular complexity index is 545. The first-order valence-corrected chi connectivity index (χ1v) is 7.62. The van der Waals surface area contributed by atoms with E-state index >= 15 is 0 Å². The molecule has 1 aromatic heterocycles. The summed E-state index contributed by atoms with van der Waals surface area (Å²) in [6.45, 7) is 1.08. The van der Waals surface area contributed by atoms with Crippen molar-refractivity contribution in [3.8, 4) is 0 Å². The number of hydrogen-bond donors (Lipinski definition) is 1. The van der Waals surface area contributed by atoms with Crippen LogP contribution in [0, 0.1) is 0 Å². The Morgan fingerprint density at radius 1 is 1.30 bits per heavy atom. The Morgan fingerprint density at radius 3 is 3.00 bits per heavy atom. The average Bonchev–Trinajstić information content (AvgIpc) is 2.87. The van der Waals surface area contributed by atoms with E-state index < -0.39 is 0 Å². The molecular weight excluding hydrogens is 246 g/mol. The lowest BCUT2D eigenvalue weighted by Gasteiger charge is -2.23. The quantitative estimate of drug-likeness (QED) is 0.846. The molecule has 1 unspecified atom stereocenters. The second kappa shape index (κ2) is 6.23. The molecule has 1 heterocycles. The molecule has 0 saturated heterocycles. The van der Waals surface area contributed by atoms with E-state index in [4.69, 9.17) is 0 Å². The fraction of sp³-hybridized carbons (Fsp3) is 0.471. The molecule has 0 fully saturated rings. The fourth-order valence-corrected chi connectivity index (χ4v) is 3.13. The van der Waals surface area contributed by atoms with Gasteiger partial charge in [0.2, 0.25) is 0 Å². The lowest BCUT2D eigenvalue weighted by molar-refractivity contribution is 0.449. The van der Waals surface area contributed by atoms with E-state index in [0.717, 1.165) is 13.0 Å². The minimum atomic E-state index is 0.503. The van der Waals surface area contributed by atoms with Crippen LogP contribution in [-0.2, 0) is 19.9 Å². The Morgan fingerprint density at radius 2 is 2.15 bits per heavy atom. The van der Waals surface area contributed by atoms with E-state index in [0.29, 0.717) is 6.04 Å². The zero-order valence-corrected chi connectivity index (χ0v) is 12.2. The summed E-state index contributed by atoms with van der Waals surface area (Å²) in [5.74, 6) is 0. The predicted molar refractivity (Wildman–Crippen MR) is 81.7 cm³/mol. The molecule has 1 N–H and O–H groups in total. The largest absolute Gasteiger partial charge is 0.310 e. The van der Waals surface area contributed by atoms with E-state index in [1.54, 1.807) is 0 Å². The van der Waals surface area contributed by atoms with Gasteiger partial charge in [0.25, 0.3) is 0 Å². The molecule has 3 heteroatoms. The molecular formula is C17H23N3. The van der Waals surface area contributed by atoms with Gasteiger partial charge in [-0.15, -0.1) is 0 Å². The molecule has 0 radical (unpaired) electrons. The number of aromatic nitrogens is 2. The molecule has 2 aromatic rings. The van der Waals surface area contributed by atoms with E-state index in [9.17, 15) is 0 Å². The Kier molecular flexibility index (Phi) is 4.16. The first-order chi connectivity index (χ1) is 9.84. The van der Waals surface area contributed by atoms with Crippen LogP contribution in [0.2, 0.25) is 0 Å². The minimum Gasteiger partial charge on any atom is -0.310 e. The molecule has 106 valence electrons. The third kappa shape index (κ3) is 2.93. The molecule has 1 atom stereocenters. The third-order valence-electron chi connectivity index (χ3n) is 4.25. The van der Waals surface area contributed by atoms with Crippen LogP contribution < -0.4 is 5.32 Å². The molecule has 3 rings (SSSR count). The van der Waals surface area contributed by atoms with Gasteiger partial charge in [0, 0.05) is 24.3 Å². The van der Waals surface area contributed by atoms with Gasteiger partial charge >= 0.3 is 0 Å². The average molecular weight is 269 g/mol. The van der Waals surface area contributed by atoms with Gasteiger partial charge in [0.05, 0.1) is 6.20 Å². The van der Waals surface area contributed by atoms with Crippen LogP contribution in [-0.4, -0.2) is 16.3 Å². The maximum Gasteiger partial charge on any atom is 0.0540 e. The number of fused-ring (bicyclic) bond motifs is 1. The van der Waals surface area contributed by atoms with Crippen LogP contribution in [0.4, 0.5) is 0 Å². The van der Waals surface area contributed by atoms with Crippen molar-refractivity contribution in [3.63, 3.8) is 0 Å². The zero-order valence-electron chi connectivity index (χ0n) is 12.2. The van der Waals surface area contributed by atoms with Crippen LogP contribution in [0.25, 0.3) is 0 Å². The maximum absolute atomic E-state index is 4.40. The fourth-order valence-electron chi connectivity index (χ4n) is 3.13. The summed E-state index contributed by atoms with van der Waals surface area (Å²) in [6, 6.07) is 11.2. The van der Waals surface area contributed by atoms with Gasteiger partial charge in [-0.05, 0) is 44.2 Å². The van der Waals surface area contributed by atoms with Crippen molar-refractivity contribution in [2.75, 3.05) is 6.54 Å². The molecule has 0 saturated carbocycles. The maximum atomic E-state index is 4.40. The van der Waals surface area contributed by atoms with Crippen molar-refractivity contribution in [1.82, 2.24) is 15.1 Å².